The number of imidazole rings is 1. The van der Waals surface area contributed by atoms with Crippen LogP contribution in [0.3, 0.4) is 0 Å². The molecule has 10 nitrogen and oxygen atoms in total. The highest BCUT2D eigenvalue weighted by Crippen LogP contribution is 2.33. The molecular formula is C26H37N9O. The summed E-state index contributed by atoms with van der Waals surface area (Å²) >= 11 is 0. The van der Waals surface area contributed by atoms with Gasteiger partial charge in [0.05, 0.1) is 6.33 Å². The fourth-order valence-electron chi connectivity index (χ4n) is 5.03. The second-order valence-electron chi connectivity index (χ2n) is 9.88. The SMILES string of the molecule is CN1CCN(C(=O)c2ccc(Nc3nc(NCCCCN)nc4c3ncn4C3CCCC3)cc2)CC1. The molecule has 1 aromatic carbocycles. The molecule has 1 amide bonds. The molecule has 10 heteroatoms. The fourth-order valence-corrected chi connectivity index (χ4v) is 5.03. The lowest BCUT2D eigenvalue weighted by atomic mass is 10.1. The van der Waals surface area contributed by atoms with Crippen LogP contribution in [0.4, 0.5) is 17.5 Å². The highest BCUT2D eigenvalue weighted by Gasteiger charge is 2.23. The number of hydrogen-bond acceptors (Lipinski definition) is 8. The summed E-state index contributed by atoms with van der Waals surface area (Å²) in [6.45, 7) is 4.78. The van der Waals surface area contributed by atoms with Crippen LogP contribution >= 0.6 is 0 Å². The standard InChI is InChI=1S/C26H37N9O/c1-33-14-16-34(17-15-33)25(36)19-8-10-20(11-9-19)30-23-22-24(32-26(31-23)28-13-5-4-12-27)35(18-29-22)21-6-2-3-7-21/h8-11,18,21H,2-7,12-17,27H2,1H3,(H2,28,30,31,32). The fraction of sp³-hybridized carbons (Fsp3) is 0.538. The van der Waals surface area contributed by atoms with Gasteiger partial charge in [-0.2, -0.15) is 9.97 Å². The first kappa shape index (κ1) is 24.5. The van der Waals surface area contributed by atoms with E-state index < -0.39 is 0 Å². The second-order valence-corrected chi connectivity index (χ2v) is 9.88. The number of carbonyl (C=O) groups excluding carboxylic acids is 1. The molecule has 2 fully saturated rings. The lowest BCUT2D eigenvalue weighted by Gasteiger charge is -2.32. The van der Waals surface area contributed by atoms with Crippen molar-refractivity contribution in [1.82, 2.24) is 29.3 Å². The molecule has 2 aliphatic rings. The largest absolute Gasteiger partial charge is 0.354 e. The van der Waals surface area contributed by atoms with E-state index in [4.69, 9.17) is 15.7 Å². The maximum Gasteiger partial charge on any atom is 0.253 e. The topological polar surface area (TPSA) is 117 Å². The highest BCUT2D eigenvalue weighted by molar-refractivity contribution is 5.95. The lowest BCUT2D eigenvalue weighted by molar-refractivity contribution is 0.0664. The Balaban J connectivity index is 1.36. The molecule has 1 aliphatic heterocycles. The van der Waals surface area contributed by atoms with Crippen molar-refractivity contribution in [2.45, 2.75) is 44.6 Å². The third kappa shape index (κ3) is 5.44. The molecule has 0 unspecified atom stereocenters. The smallest absolute Gasteiger partial charge is 0.253 e. The molecule has 4 N–H and O–H groups in total. The first-order valence-electron chi connectivity index (χ1n) is 13.2. The predicted molar refractivity (Wildman–Crippen MR) is 143 cm³/mol. The van der Waals surface area contributed by atoms with Gasteiger partial charge in [-0.1, -0.05) is 12.8 Å². The van der Waals surface area contributed by atoms with E-state index in [2.05, 4.69) is 32.1 Å². The summed E-state index contributed by atoms with van der Waals surface area (Å²) in [4.78, 5) is 31.3. The van der Waals surface area contributed by atoms with Crippen molar-refractivity contribution in [2.75, 3.05) is 56.9 Å². The lowest BCUT2D eigenvalue weighted by Crippen LogP contribution is -2.47. The number of amides is 1. The van der Waals surface area contributed by atoms with Crippen LogP contribution in [0.2, 0.25) is 0 Å². The number of unbranched alkanes of at least 4 members (excludes halogenated alkanes) is 1. The number of likely N-dealkylation sites (N-methyl/N-ethyl adjacent to an activating group) is 1. The van der Waals surface area contributed by atoms with Crippen molar-refractivity contribution < 1.29 is 4.79 Å². The molecule has 1 aliphatic carbocycles. The molecule has 1 saturated heterocycles. The Morgan fingerprint density at radius 1 is 1.06 bits per heavy atom. The minimum absolute atomic E-state index is 0.0818. The van der Waals surface area contributed by atoms with E-state index in [1.807, 2.05) is 35.5 Å². The van der Waals surface area contributed by atoms with Crippen LogP contribution in [-0.4, -0.2) is 81.5 Å². The van der Waals surface area contributed by atoms with Crippen molar-refractivity contribution in [3.8, 4) is 0 Å². The van der Waals surface area contributed by atoms with Gasteiger partial charge in [0.1, 0.15) is 0 Å². The number of hydrogen-bond donors (Lipinski definition) is 3. The number of anilines is 3. The van der Waals surface area contributed by atoms with Gasteiger partial charge in [-0.15, -0.1) is 0 Å². The van der Waals surface area contributed by atoms with Gasteiger partial charge in [-0.05, 0) is 63.5 Å². The molecule has 0 bridgehead atoms. The molecule has 0 spiro atoms. The molecule has 1 saturated carbocycles. The minimum atomic E-state index is 0.0818. The quantitative estimate of drug-likeness (QED) is 0.391. The summed E-state index contributed by atoms with van der Waals surface area (Å²) in [5, 5.41) is 6.78. The van der Waals surface area contributed by atoms with Gasteiger partial charge in [0.2, 0.25) is 5.95 Å². The third-order valence-corrected chi connectivity index (χ3v) is 7.24. The molecule has 192 valence electrons. The normalized spacial score (nSPS) is 17.1. The first-order chi connectivity index (χ1) is 17.6. The van der Waals surface area contributed by atoms with E-state index in [1.165, 1.54) is 12.8 Å². The Morgan fingerprint density at radius 2 is 1.81 bits per heavy atom. The van der Waals surface area contributed by atoms with Gasteiger partial charge in [0, 0.05) is 50.0 Å². The maximum absolute atomic E-state index is 12.9. The summed E-state index contributed by atoms with van der Waals surface area (Å²) in [5.41, 5.74) is 8.80. The summed E-state index contributed by atoms with van der Waals surface area (Å²) in [6, 6.07) is 8.05. The van der Waals surface area contributed by atoms with E-state index in [0.29, 0.717) is 29.9 Å². The summed E-state index contributed by atoms with van der Waals surface area (Å²) in [6.07, 6.45) is 8.61. The monoisotopic (exact) mass is 491 g/mol. The number of benzene rings is 1. The van der Waals surface area contributed by atoms with E-state index in [-0.39, 0.29) is 5.91 Å². The van der Waals surface area contributed by atoms with Crippen LogP contribution in [0.25, 0.3) is 11.2 Å². The number of carbonyl (C=O) groups is 1. The maximum atomic E-state index is 12.9. The number of nitrogens with zero attached hydrogens (tertiary/aromatic N) is 6. The molecule has 3 heterocycles. The summed E-state index contributed by atoms with van der Waals surface area (Å²) < 4.78 is 2.21. The molecule has 0 atom stereocenters. The van der Waals surface area contributed by atoms with Gasteiger partial charge in [-0.25, -0.2) is 4.98 Å². The Morgan fingerprint density at radius 3 is 2.53 bits per heavy atom. The van der Waals surface area contributed by atoms with Crippen LogP contribution in [0.1, 0.15) is 54.9 Å². The Hall–Kier alpha value is -3.24. The molecule has 0 radical (unpaired) electrons. The van der Waals surface area contributed by atoms with Crippen LogP contribution < -0.4 is 16.4 Å². The average Bonchev–Trinajstić information content (AvgIpc) is 3.57. The van der Waals surface area contributed by atoms with Gasteiger partial charge in [-0.3, -0.25) is 4.79 Å². The van der Waals surface area contributed by atoms with Crippen molar-refractivity contribution in [3.05, 3.63) is 36.2 Å². The zero-order chi connectivity index (χ0) is 24.9. The van der Waals surface area contributed by atoms with Crippen molar-refractivity contribution >= 4 is 34.5 Å². The zero-order valence-electron chi connectivity index (χ0n) is 21.1. The molecule has 5 rings (SSSR count). The van der Waals surface area contributed by atoms with Crippen molar-refractivity contribution in [3.63, 3.8) is 0 Å². The zero-order valence-corrected chi connectivity index (χ0v) is 21.1. The van der Waals surface area contributed by atoms with E-state index in [9.17, 15) is 4.79 Å². The minimum Gasteiger partial charge on any atom is -0.354 e. The third-order valence-electron chi connectivity index (χ3n) is 7.24. The second kappa shape index (κ2) is 11.2. The van der Waals surface area contributed by atoms with E-state index in [0.717, 1.165) is 75.3 Å². The van der Waals surface area contributed by atoms with Crippen molar-refractivity contribution in [1.29, 1.82) is 0 Å². The van der Waals surface area contributed by atoms with Gasteiger partial charge >= 0.3 is 0 Å². The Kier molecular flexibility index (Phi) is 7.62. The Bertz CT molecular complexity index is 1160. The predicted octanol–water partition coefficient (Wildman–Crippen LogP) is 3.22. The van der Waals surface area contributed by atoms with Gasteiger partial charge < -0.3 is 30.7 Å². The number of nitrogens with one attached hydrogen (secondary N) is 2. The van der Waals surface area contributed by atoms with Crippen LogP contribution in [0.5, 0.6) is 0 Å². The first-order valence-corrected chi connectivity index (χ1v) is 13.2. The Labute approximate surface area is 212 Å². The number of piperazine rings is 1. The summed E-state index contributed by atoms with van der Waals surface area (Å²) in [5.74, 6) is 1.33. The van der Waals surface area contributed by atoms with Crippen LogP contribution in [0, 0.1) is 0 Å². The van der Waals surface area contributed by atoms with Gasteiger partial charge in [0.15, 0.2) is 17.0 Å². The molecule has 2 aromatic heterocycles. The number of aromatic nitrogens is 4. The van der Waals surface area contributed by atoms with Crippen molar-refractivity contribution in [2.24, 2.45) is 5.73 Å². The van der Waals surface area contributed by atoms with Crippen LogP contribution in [0.15, 0.2) is 30.6 Å². The van der Waals surface area contributed by atoms with E-state index in [1.54, 1.807) is 0 Å². The molecule has 36 heavy (non-hydrogen) atoms. The van der Waals surface area contributed by atoms with E-state index >= 15 is 0 Å². The highest BCUT2D eigenvalue weighted by atomic mass is 16.2. The summed E-state index contributed by atoms with van der Waals surface area (Å²) in [7, 11) is 2.09. The van der Waals surface area contributed by atoms with Gasteiger partial charge in [0.25, 0.3) is 5.91 Å². The van der Waals surface area contributed by atoms with Crippen LogP contribution in [-0.2, 0) is 0 Å². The average molecular weight is 492 g/mol. The number of nitrogens with two attached hydrogens (primary N) is 1. The number of fused-ring (bicyclic) bond motifs is 1. The number of rotatable bonds is 9. The molecule has 3 aromatic rings. The molecular weight excluding hydrogens is 454 g/mol.